The van der Waals surface area contributed by atoms with Gasteiger partial charge in [0.05, 0.1) is 5.75 Å². The van der Waals surface area contributed by atoms with Gasteiger partial charge in [-0.3, -0.25) is 4.79 Å². The molecule has 0 atom stereocenters. The van der Waals surface area contributed by atoms with Crippen molar-refractivity contribution in [2.24, 2.45) is 0 Å². The molecule has 0 heterocycles. The first-order chi connectivity index (χ1) is 13.6. The zero-order valence-corrected chi connectivity index (χ0v) is 16.0. The van der Waals surface area contributed by atoms with Crippen LogP contribution in [-0.4, -0.2) is 33.7 Å². The summed E-state index contributed by atoms with van der Waals surface area (Å²) in [6.45, 7) is 2.16. The molecular weight excluding hydrogens is 409 g/mol. The highest BCUT2D eigenvalue weighted by atomic mass is 32.2. The van der Waals surface area contributed by atoms with Crippen molar-refractivity contribution < 1.29 is 31.1 Å². The first-order valence-electron chi connectivity index (χ1n) is 8.36. The number of carbonyl (C=O) groups excluding carboxylic acids is 1. The number of sulfonamides is 1. The van der Waals surface area contributed by atoms with E-state index in [1.165, 1.54) is 30.3 Å². The van der Waals surface area contributed by atoms with Crippen LogP contribution in [0.25, 0.3) is 0 Å². The van der Waals surface area contributed by atoms with Gasteiger partial charge in [0, 0.05) is 17.8 Å². The third kappa shape index (κ3) is 7.96. The number of carbonyl (C=O) groups is 1. The van der Waals surface area contributed by atoms with Crippen LogP contribution in [0.3, 0.4) is 0 Å². The van der Waals surface area contributed by atoms with Gasteiger partial charge in [-0.05, 0) is 42.0 Å². The summed E-state index contributed by atoms with van der Waals surface area (Å²) in [6, 6.07) is 11.5. The number of hydrogen-bond donors (Lipinski definition) is 2. The molecule has 10 heteroatoms. The van der Waals surface area contributed by atoms with Gasteiger partial charge < -0.3 is 10.1 Å². The summed E-state index contributed by atoms with van der Waals surface area (Å²) in [5.74, 6) is -0.691. The molecule has 2 N–H and O–H groups in total. The molecule has 0 aliphatic carbocycles. The monoisotopic (exact) mass is 428 g/mol. The van der Waals surface area contributed by atoms with Crippen LogP contribution < -0.4 is 14.8 Å². The lowest BCUT2D eigenvalue weighted by atomic mass is 10.2. The maximum Gasteiger partial charge on any atom is 0.422 e. The van der Waals surface area contributed by atoms with Crippen molar-refractivity contribution in [1.29, 1.82) is 0 Å². The minimum absolute atomic E-state index is 0.00509. The number of anilines is 1. The molecule has 2 rings (SSSR count). The predicted molar refractivity (Wildman–Crippen MR) is 103 cm³/mol. The fourth-order valence-corrected chi connectivity index (χ4v) is 3.32. The van der Waals surface area contributed by atoms with Crippen LogP contribution in [0.4, 0.5) is 18.9 Å². The van der Waals surface area contributed by atoms with Crippen molar-refractivity contribution >= 4 is 21.6 Å². The lowest BCUT2D eigenvalue weighted by Gasteiger charge is -2.10. The van der Waals surface area contributed by atoms with E-state index in [0.29, 0.717) is 11.3 Å². The normalized spacial score (nSPS) is 11.7. The lowest BCUT2D eigenvalue weighted by Crippen LogP contribution is -2.25. The average molecular weight is 428 g/mol. The third-order valence-electron chi connectivity index (χ3n) is 3.54. The van der Waals surface area contributed by atoms with E-state index in [9.17, 15) is 26.4 Å². The van der Waals surface area contributed by atoms with Crippen LogP contribution >= 0.6 is 0 Å². The second-order valence-corrected chi connectivity index (χ2v) is 7.78. The van der Waals surface area contributed by atoms with E-state index in [0.717, 1.165) is 0 Å². The first kappa shape index (κ1) is 22.4. The zero-order chi connectivity index (χ0) is 21.5. The van der Waals surface area contributed by atoms with Crippen LogP contribution in [0, 0.1) is 0 Å². The van der Waals surface area contributed by atoms with Gasteiger partial charge in [-0.25, -0.2) is 13.1 Å². The minimum atomic E-state index is -4.44. The Morgan fingerprint density at radius 3 is 2.24 bits per heavy atom. The van der Waals surface area contributed by atoms with Crippen LogP contribution in [0.1, 0.15) is 15.9 Å². The summed E-state index contributed by atoms with van der Waals surface area (Å²) in [7, 11) is -3.48. The van der Waals surface area contributed by atoms with Gasteiger partial charge in [0.25, 0.3) is 5.91 Å². The van der Waals surface area contributed by atoms with Crippen LogP contribution in [0.15, 0.2) is 61.2 Å². The van der Waals surface area contributed by atoms with E-state index in [2.05, 4.69) is 21.4 Å². The number of nitrogens with one attached hydrogen (secondary N) is 2. The molecular formula is C19H19F3N2O4S. The SMILES string of the molecule is C=CCNS(=O)(=O)Cc1ccc(NC(=O)c2ccc(OCC(F)(F)F)cc2)cc1. The summed E-state index contributed by atoms with van der Waals surface area (Å²) in [4.78, 5) is 12.2. The molecule has 0 aliphatic rings. The van der Waals surface area contributed by atoms with Crippen molar-refractivity contribution in [3.8, 4) is 5.75 Å². The quantitative estimate of drug-likeness (QED) is 0.599. The number of ether oxygens (including phenoxy) is 1. The number of halogens is 3. The molecule has 0 saturated carbocycles. The average Bonchev–Trinajstić information content (AvgIpc) is 2.66. The Labute approximate surface area is 166 Å². The molecule has 0 unspecified atom stereocenters. The van der Waals surface area contributed by atoms with Gasteiger partial charge in [-0.2, -0.15) is 13.2 Å². The van der Waals surface area contributed by atoms with Gasteiger partial charge in [0.1, 0.15) is 5.75 Å². The molecule has 1 amide bonds. The van der Waals surface area contributed by atoms with Gasteiger partial charge in [-0.1, -0.05) is 18.2 Å². The van der Waals surface area contributed by atoms with E-state index in [-0.39, 0.29) is 23.6 Å². The van der Waals surface area contributed by atoms with Crippen molar-refractivity contribution in [2.75, 3.05) is 18.5 Å². The molecule has 2 aromatic rings. The molecule has 2 aromatic carbocycles. The Hall–Kier alpha value is -2.85. The third-order valence-corrected chi connectivity index (χ3v) is 4.85. The van der Waals surface area contributed by atoms with Gasteiger partial charge in [0.2, 0.25) is 10.0 Å². The highest BCUT2D eigenvalue weighted by molar-refractivity contribution is 7.88. The highest BCUT2D eigenvalue weighted by Gasteiger charge is 2.28. The van der Waals surface area contributed by atoms with E-state index >= 15 is 0 Å². The predicted octanol–water partition coefficient (Wildman–Crippen LogP) is 3.49. The van der Waals surface area contributed by atoms with Crippen molar-refractivity contribution in [3.05, 3.63) is 72.3 Å². The molecule has 0 aliphatic heterocycles. The Morgan fingerprint density at radius 1 is 1.07 bits per heavy atom. The number of alkyl halides is 3. The number of amides is 1. The summed E-state index contributed by atoms with van der Waals surface area (Å²) >= 11 is 0. The second kappa shape index (κ2) is 9.57. The topological polar surface area (TPSA) is 84.5 Å². The maximum absolute atomic E-state index is 12.2. The molecule has 0 fully saturated rings. The number of benzene rings is 2. The Balaban J connectivity index is 1.94. The molecule has 6 nitrogen and oxygen atoms in total. The Bertz CT molecular complexity index is 941. The minimum Gasteiger partial charge on any atom is -0.484 e. The van der Waals surface area contributed by atoms with E-state index in [4.69, 9.17) is 0 Å². The highest BCUT2D eigenvalue weighted by Crippen LogP contribution is 2.19. The Morgan fingerprint density at radius 2 is 1.69 bits per heavy atom. The standard InChI is InChI=1S/C19H19F3N2O4S/c1-2-11-23-29(26,27)12-14-3-7-16(8-4-14)24-18(25)15-5-9-17(10-6-15)28-13-19(20,21)22/h2-10,23H,1,11-13H2,(H,24,25). The summed E-state index contributed by atoms with van der Waals surface area (Å²) in [5.41, 5.74) is 1.20. The van der Waals surface area contributed by atoms with Gasteiger partial charge in [-0.15, -0.1) is 6.58 Å². The van der Waals surface area contributed by atoms with Crippen molar-refractivity contribution in [2.45, 2.75) is 11.9 Å². The van der Waals surface area contributed by atoms with E-state index < -0.39 is 28.7 Å². The maximum atomic E-state index is 12.2. The molecule has 0 aromatic heterocycles. The van der Waals surface area contributed by atoms with Gasteiger partial charge >= 0.3 is 6.18 Å². The zero-order valence-electron chi connectivity index (χ0n) is 15.2. The fraction of sp³-hybridized carbons (Fsp3) is 0.211. The smallest absolute Gasteiger partial charge is 0.422 e. The van der Waals surface area contributed by atoms with Crippen LogP contribution in [0.2, 0.25) is 0 Å². The number of hydrogen-bond acceptors (Lipinski definition) is 4. The molecule has 0 bridgehead atoms. The van der Waals surface area contributed by atoms with Gasteiger partial charge in [0.15, 0.2) is 6.61 Å². The second-order valence-electron chi connectivity index (χ2n) is 5.98. The summed E-state index contributed by atoms with van der Waals surface area (Å²) in [6.07, 6.45) is -3.01. The number of rotatable bonds is 9. The van der Waals surface area contributed by atoms with Crippen LogP contribution in [0.5, 0.6) is 5.75 Å². The molecule has 0 saturated heterocycles. The van der Waals surface area contributed by atoms with E-state index in [1.54, 1.807) is 24.3 Å². The molecule has 0 spiro atoms. The van der Waals surface area contributed by atoms with Crippen LogP contribution in [-0.2, 0) is 15.8 Å². The Kier molecular flexibility index (Phi) is 7.40. The molecule has 29 heavy (non-hydrogen) atoms. The van der Waals surface area contributed by atoms with E-state index in [1.807, 2.05) is 0 Å². The summed E-state index contributed by atoms with van der Waals surface area (Å²) < 4.78 is 67.0. The lowest BCUT2D eigenvalue weighted by molar-refractivity contribution is -0.153. The van der Waals surface area contributed by atoms with Crippen molar-refractivity contribution in [3.63, 3.8) is 0 Å². The summed E-state index contributed by atoms with van der Waals surface area (Å²) in [5, 5.41) is 2.62. The molecule has 0 radical (unpaired) electrons. The molecule has 156 valence electrons. The largest absolute Gasteiger partial charge is 0.484 e. The first-order valence-corrected chi connectivity index (χ1v) is 10.0. The van der Waals surface area contributed by atoms with Crippen molar-refractivity contribution in [1.82, 2.24) is 4.72 Å². The fourth-order valence-electron chi connectivity index (χ4n) is 2.21.